The van der Waals surface area contributed by atoms with E-state index in [1.165, 1.54) is 0 Å². The van der Waals surface area contributed by atoms with Gasteiger partial charge in [-0.05, 0) is 19.8 Å². The molecule has 4 N–H and O–H groups in total. The predicted molar refractivity (Wildman–Crippen MR) is 44.3 cm³/mol. The Balaban J connectivity index is 0. The van der Waals surface area contributed by atoms with Crippen molar-refractivity contribution < 1.29 is 0 Å². The molecule has 0 amide bonds. The first-order chi connectivity index (χ1) is 3.13. The zero-order chi connectivity index (χ0) is 5.49. The summed E-state index contributed by atoms with van der Waals surface area (Å²) in [6.45, 7) is 2.00. The maximum absolute atomic E-state index is 5.64. The van der Waals surface area contributed by atoms with Crippen LogP contribution in [-0.2, 0) is 0 Å². The molecule has 0 saturated heterocycles. The quantitative estimate of drug-likeness (QED) is 0.565. The molecule has 0 spiro atoms. The molecule has 1 aliphatic rings. The average molecular weight is 173 g/mol. The van der Waals surface area contributed by atoms with E-state index in [4.69, 9.17) is 11.5 Å². The van der Waals surface area contributed by atoms with E-state index in [9.17, 15) is 0 Å². The zero-order valence-corrected chi connectivity index (χ0v) is 7.10. The average Bonchev–Trinajstić information content (AvgIpc) is 1.63. The molecular formula is C5H14Cl2N2. The van der Waals surface area contributed by atoms with E-state index in [1.54, 1.807) is 0 Å². The molecule has 2 unspecified atom stereocenters. The molecule has 0 aromatic carbocycles. The lowest BCUT2D eigenvalue weighted by molar-refractivity contribution is 0.223. The third-order valence-electron chi connectivity index (χ3n) is 1.84. The highest BCUT2D eigenvalue weighted by Gasteiger charge is 2.35. The van der Waals surface area contributed by atoms with Gasteiger partial charge in [-0.3, -0.25) is 0 Å². The molecule has 0 aromatic rings. The van der Waals surface area contributed by atoms with E-state index in [1.807, 2.05) is 6.92 Å². The highest BCUT2D eigenvalue weighted by atomic mass is 35.5. The van der Waals surface area contributed by atoms with Crippen LogP contribution in [0.2, 0.25) is 0 Å². The monoisotopic (exact) mass is 172 g/mol. The van der Waals surface area contributed by atoms with E-state index in [-0.39, 0.29) is 36.4 Å². The van der Waals surface area contributed by atoms with Gasteiger partial charge in [0.15, 0.2) is 0 Å². The second-order valence-electron chi connectivity index (χ2n) is 2.65. The molecule has 2 atom stereocenters. The minimum atomic E-state index is -0.0417. The van der Waals surface area contributed by atoms with Crippen molar-refractivity contribution in [3.05, 3.63) is 0 Å². The van der Waals surface area contributed by atoms with Crippen LogP contribution in [0.4, 0.5) is 0 Å². The Hall–Kier alpha value is 0.500. The molecule has 1 saturated carbocycles. The van der Waals surface area contributed by atoms with Crippen molar-refractivity contribution in [1.82, 2.24) is 0 Å². The van der Waals surface area contributed by atoms with Crippen LogP contribution in [0.1, 0.15) is 19.8 Å². The summed E-state index contributed by atoms with van der Waals surface area (Å²) in [5.74, 6) is 0. The van der Waals surface area contributed by atoms with Crippen LogP contribution in [0.5, 0.6) is 0 Å². The van der Waals surface area contributed by atoms with E-state index >= 15 is 0 Å². The number of nitrogens with two attached hydrogens (primary N) is 2. The van der Waals surface area contributed by atoms with E-state index in [0.717, 1.165) is 12.8 Å². The van der Waals surface area contributed by atoms with Crippen molar-refractivity contribution in [3.63, 3.8) is 0 Å². The van der Waals surface area contributed by atoms with Gasteiger partial charge < -0.3 is 11.5 Å². The Kier molecular flexibility index (Phi) is 4.90. The van der Waals surface area contributed by atoms with E-state index < -0.39 is 0 Å². The molecule has 1 rings (SSSR count). The maximum atomic E-state index is 5.64. The molecule has 0 heterocycles. The molecule has 0 aliphatic heterocycles. The van der Waals surface area contributed by atoms with Crippen LogP contribution >= 0.6 is 24.8 Å². The lowest BCUT2D eigenvalue weighted by Gasteiger charge is -2.41. The fraction of sp³-hybridized carbons (Fsp3) is 1.00. The van der Waals surface area contributed by atoms with Gasteiger partial charge in [0.2, 0.25) is 0 Å². The summed E-state index contributed by atoms with van der Waals surface area (Å²) in [6.07, 6.45) is 2.20. The highest BCUT2D eigenvalue weighted by Crippen LogP contribution is 2.26. The van der Waals surface area contributed by atoms with Gasteiger partial charge in [0, 0.05) is 11.6 Å². The van der Waals surface area contributed by atoms with Crippen LogP contribution < -0.4 is 11.5 Å². The molecule has 2 nitrogen and oxygen atoms in total. The van der Waals surface area contributed by atoms with Crippen LogP contribution in [0, 0.1) is 0 Å². The first kappa shape index (κ1) is 12.2. The molecule has 0 radical (unpaired) electrons. The van der Waals surface area contributed by atoms with Crippen molar-refractivity contribution in [2.45, 2.75) is 31.3 Å². The molecule has 4 heteroatoms. The van der Waals surface area contributed by atoms with Crippen molar-refractivity contribution in [1.29, 1.82) is 0 Å². The van der Waals surface area contributed by atoms with Gasteiger partial charge in [0.1, 0.15) is 0 Å². The summed E-state index contributed by atoms with van der Waals surface area (Å²) in [7, 11) is 0. The van der Waals surface area contributed by atoms with Gasteiger partial charge in [-0.15, -0.1) is 24.8 Å². The SMILES string of the molecule is CC1(N)CCC1N.Cl.Cl. The van der Waals surface area contributed by atoms with Gasteiger partial charge in [0.05, 0.1) is 0 Å². The fourth-order valence-electron chi connectivity index (χ4n) is 0.766. The summed E-state index contributed by atoms with van der Waals surface area (Å²) >= 11 is 0. The van der Waals surface area contributed by atoms with Crippen molar-refractivity contribution in [2.75, 3.05) is 0 Å². The highest BCUT2D eigenvalue weighted by molar-refractivity contribution is 5.85. The normalized spacial score (nSPS) is 39.7. The summed E-state index contributed by atoms with van der Waals surface area (Å²) in [5.41, 5.74) is 11.1. The van der Waals surface area contributed by atoms with Crippen molar-refractivity contribution in [3.8, 4) is 0 Å². The number of halogens is 2. The molecule has 0 aromatic heterocycles. The lowest BCUT2D eigenvalue weighted by atomic mass is 9.75. The minimum Gasteiger partial charge on any atom is -0.326 e. The van der Waals surface area contributed by atoms with E-state index in [0.29, 0.717) is 0 Å². The fourth-order valence-corrected chi connectivity index (χ4v) is 0.766. The number of rotatable bonds is 0. The van der Waals surface area contributed by atoms with Crippen LogP contribution in [-0.4, -0.2) is 11.6 Å². The smallest absolute Gasteiger partial charge is 0.0279 e. The van der Waals surface area contributed by atoms with E-state index in [2.05, 4.69) is 0 Å². The van der Waals surface area contributed by atoms with Gasteiger partial charge in [0.25, 0.3) is 0 Å². The summed E-state index contributed by atoms with van der Waals surface area (Å²) in [6, 6.07) is 0.257. The Bertz CT molecular complexity index is 85.0. The molecular weight excluding hydrogens is 159 g/mol. The molecule has 1 fully saturated rings. The standard InChI is InChI=1S/C5H12N2.2ClH/c1-5(7)3-2-4(5)6;;/h4H,2-3,6-7H2,1H3;2*1H. The maximum Gasteiger partial charge on any atom is 0.0279 e. The zero-order valence-electron chi connectivity index (χ0n) is 5.46. The minimum absolute atomic E-state index is 0. The third-order valence-corrected chi connectivity index (χ3v) is 1.84. The topological polar surface area (TPSA) is 52.0 Å². The van der Waals surface area contributed by atoms with Crippen molar-refractivity contribution >= 4 is 24.8 Å². The van der Waals surface area contributed by atoms with Gasteiger partial charge >= 0.3 is 0 Å². The summed E-state index contributed by atoms with van der Waals surface area (Å²) < 4.78 is 0. The molecule has 9 heavy (non-hydrogen) atoms. The van der Waals surface area contributed by atoms with Gasteiger partial charge in [-0.25, -0.2) is 0 Å². The second kappa shape index (κ2) is 3.62. The largest absolute Gasteiger partial charge is 0.326 e. The summed E-state index contributed by atoms with van der Waals surface area (Å²) in [5, 5.41) is 0. The van der Waals surface area contributed by atoms with Crippen LogP contribution in [0.15, 0.2) is 0 Å². The molecule has 1 aliphatic carbocycles. The lowest BCUT2D eigenvalue weighted by Crippen LogP contribution is -2.60. The summed E-state index contributed by atoms with van der Waals surface area (Å²) in [4.78, 5) is 0. The molecule has 0 bridgehead atoms. The Morgan fingerprint density at radius 3 is 1.78 bits per heavy atom. The van der Waals surface area contributed by atoms with Gasteiger partial charge in [-0.1, -0.05) is 0 Å². The van der Waals surface area contributed by atoms with Crippen LogP contribution in [0.3, 0.4) is 0 Å². The number of hydrogen-bond donors (Lipinski definition) is 2. The Morgan fingerprint density at radius 1 is 1.44 bits per heavy atom. The van der Waals surface area contributed by atoms with Gasteiger partial charge in [-0.2, -0.15) is 0 Å². The Labute approximate surface area is 68.2 Å². The Morgan fingerprint density at radius 2 is 1.78 bits per heavy atom. The number of hydrogen-bond acceptors (Lipinski definition) is 2. The first-order valence-electron chi connectivity index (χ1n) is 2.67. The third kappa shape index (κ3) is 2.30. The van der Waals surface area contributed by atoms with Crippen LogP contribution in [0.25, 0.3) is 0 Å². The molecule has 58 valence electrons. The van der Waals surface area contributed by atoms with Crippen molar-refractivity contribution in [2.24, 2.45) is 11.5 Å². The predicted octanol–water partition coefficient (Wildman–Crippen LogP) is 0.669. The second-order valence-corrected chi connectivity index (χ2v) is 2.65. The first-order valence-corrected chi connectivity index (χ1v) is 2.67.